The maximum atomic E-state index is 13.4. The van der Waals surface area contributed by atoms with Crippen LogP contribution in [0.5, 0.6) is 5.75 Å². The van der Waals surface area contributed by atoms with E-state index in [1.54, 1.807) is 12.1 Å². The van der Waals surface area contributed by atoms with Crippen molar-refractivity contribution in [3.05, 3.63) is 29.3 Å². The molecule has 9 heteroatoms. The molecule has 0 radical (unpaired) electrons. The summed E-state index contributed by atoms with van der Waals surface area (Å²) in [5.41, 5.74) is 1.38. The molecule has 2 saturated carbocycles. The Kier molecular flexibility index (Phi) is 6.31. The molecular formula is C25H31F2N3O4. The zero-order valence-electron chi connectivity index (χ0n) is 19.2. The SMILES string of the molecule is O=C1CCC(N2Cc3cc(O[C@H]4CCC[C@H]4NCC4CCC(F)(F)CC4)ccc3C2=O)C(=O)N1. The summed E-state index contributed by atoms with van der Waals surface area (Å²) in [6, 6.07) is 4.96. The summed E-state index contributed by atoms with van der Waals surface area (Å²) >= 11 is 0. The van der Waals surface area contributed by atoms with Crippen LogP contribution in [0.2, 0.25) is 0 Å². The van der Waals surface area contributed by atoms with Crippen LogP contribution in [0.15, 0.2) is 18.2 Å². The van der Waals surface area contributed by atoms with Crippen molar-refractivity contribution < 1.29 is 27.9 Å². The lowest BCUT2D eigenvalue weighted by atomic mass is 9.86. The largest absolute Gasteiger partial charge is 0.489 e. The molecule has 7 nitrogen and oxygen atoms in total. The van der Waals surface area contributed by atoms with Crippen LogP contribution in [0, 0.1) is 5.92 Å². The van der Waals surface area contributed by atoms with Crippen LogP contribution in [0.3, 0.4) is 0 Å². The maximum Gasteiger partial charge on any atom is 0.255 e. The van der Waals surface area contributed by atoms with Crippen molar-refractivity contribution in [3.63, 3.8) is 0 Å². The zero-order chi connectivity index (χ0) is 23.9. The lowest BCUT2D eigenvalue weighted by Gasteiger charge is -2.30. The molecule has 2 N–H and O–H groups in total. The van der Waals surface area contributed by atoms with E-state index < -0.39 is 17.9 Å². The first-order valence-electron chi connectivity index (χ1n) is 12.3. The van der Waals surface area contributed by atoms with Gasteiger partial charge in [-0.05, 0) is 74.8 Å². The average molecular weight is 476 g/mol. The molecule has 34 heavy (non-hydrogen) atoms. The van der Waals surface area contributed by atoms with Gasteiger partial charge in [0.05, 0.1) is 0 Å². The van der Waals surface area contributed by atoms with E-state index in [-0.39, 0.29) is 49.1 Å². The Labute approximate surface area is 197 Å². The number of fused-ring (bicyclic) bond motifs is 1. The Balaban J connectivity index is 1.18. The van der Waals surface area contributed by atoms with Gasteiger partial charge in [-0.1, -0.05) is 0 Å². The maximum absolute atomic E-state index is 13.4. The summed E-state index contributed by atoms with van der Waals surface area (Å²) in [5, 5.41) is 5.88. The number of imide groups is 1. The molecule has 0 bridgehead atoms. The molecular weight excluding hydrogens is 444 g/mol. The van der Waals surface area contributed by atoms with Crippen LogP contribution in [0.1, 0.15) is 73.7 Å². The molecule has 2 aliphatic heterocycles. The molecule has 4 aliphatic rings. The highest BCUT2D eigenvalue weighted by atomic mass is 19.3. The molecule has 0 aromatic heterocycles. The van der Waals surface area contributed by atoms with Crippen molar-refractivity contribution in [2.45, 2.75) is 88.4 Å². The number of rotatable bonds is 6. The van der Waals surface area contributed by atoms with Crippen LogP contribution in [-0.4, -0.2) is 53.3 Å². The zero-order valence-corrected chi connectivity index (χ0v) is 19.2. The number of hydrogen-bond acceptors (Lipinski definition) is 5. The van der Waals surface area contributed by atoms with Gasteiger partial charge in [0.2, 0.25) is 17.7 Å². The Hall–Kier alpha value is -2.55. The molecule has 3 amide bonds. The van der Waals surface area contributed by atoms with Gasteiger partial charge in [0.25, 0.3) is 5.91 Å². The van der Waals surface area contributed by atoms with E-state index >= 15 is 0 Å². The number of nitrogens with zero attached hydrogens (tertiary/aromatic N) is 1. The van der Waals surface area contributed by atoms with Gasteiger partial charge in [0, 0.05) is 37.4 Å². The number of piperidine rings is 1. The topological polar surface area (TPSA) is 87.7 Å². The van der Waals surface area contributed by atoms with E-state index in [2.05, 4.69) is 10.6 Å². The fourth-order valence-electron chi connectivity index (χ4n) is 5.72. The van der Waals surface area contributed by atoms with Crippen molar-refractivity contribution in [1.82, 2.24) is 15.5 Å². The Morgan fingerprint density at radius 3 is 2.65 bits per heavy atom. The second kappa shape index (κ2) is 9.24. The van der Waals surface area contributed by atoms with Crippen molar-refractivity contribution in [1.29, 1.82) is 0 Å². The number of alkyl halides is 2. The third-order valence-electron chi connectivity index (χ3n) is 7.74. The summed E-state index contributed by atoms with van der Waals surface area (Å²) < 4.78 is 33.1. The molecule has 1 saturated heterocycles. The standard InChI is InChI=1S/C25H31F2N3O4/c26-25(27)10-8-15(9-11-25)13-28-19-2-1-3-21(19)34-17-4-5-18-16(12-17)14-30(24(18)33)20-6-7-22(31)29-23(20)32/h4-5,12,15,19-21,28H,1-3,6-11,13-14H2,(H,29,31,32)/t19-,20?,21+/m1/s1. The number of ether oxygens (including phenoxy) is 1. The molecule has 5 rings (SSSR count). The highest BCUT2D eigenvalue weighted by Crippen LogP contribution is 2.36. The quantitative estimate of drug-likeness (QED) is 0.618. The summed E-state index contributed by atoms with van der Waals surface area (Å²) in [7, 11) is 0. The summed E-state index contributed by atoms with van der Waals surface area (Å²) in [5.74, 6) is -2.46. The Morgan fingerprint density at radius 1 is 1.09 bits per heavy atom. The summed E-state index contributed by atoms with van der Waals surface area (Å²) in [6.07, 6.45) is 4.57. The van der Waals surface area contributed by atoms with Gasteiger partial charge in [0.1, 0.15) is 17.9 Å². The van der Waals surface area contributed by atoms with Crippen molar-refractivity contribution >= 4 is 17.7 Å². The van der Waals surface area contributed by atoms with Gasteiger partial charge in [0.15, 0.2) is 0 Å². The average Bonchev–Trinajstić information content (AvgIpc) is 3.37. The van der Waals surface area contributed by atoms with Gasteiger partial charge >= 0.3 is 0 Å². The predicted molar refractivity (Wildman–Crippen MR) is 119 cm³/mol. The van der Waals surface area contributed by atoms with E-state index in [9.17, 15) is 23.2 Å². The third-order valence-corrected chi connectivity index (χ3v) is 7.74. The van der Waals surface area contributed by atoms with Crippen molar-refractivity contribution in [2.24, 2.45) is 5.92 Å². The van der Waals surface area contributed by atoms with Crippen LogP contribution < -0.4 is 15.4 Å². The monoisotopic (exact) mass is 475 g/mol. The fourth-order valence-corrected chi connectivity index (χ4v) is 5.72. The number of hydrogen-bond donors (Lipinski definition) is 2. The van der Waals surface area contributed by atoms with Crippen molar-refractivity contribution in [3.8, 4) is 5.75 Å². The number of nitrogens with one attached hydrogen (secondary N) is 2. The van der Waals surface area contributed by atoms with E-state index in [1.807, 2.05) is 6.07 Å². The first-order chi connectivity index (χ1) is 16.3. The third kappa shape index (κ3) is 4.80. The van der Waals surface area contributed by atoms with E-state index in [1.165, 1.54) is 4.90 Å². The molecule has 1 aromatic carbocycles. The first-order valence-corrected chi connectivity index (χ1v) is 12.3. The van der Waals surface area contributed by atoms with E-state index in [0.29, 0.717) is 37.1 Å². The molecule has 1 aromatic rings. The van der Waals surface area contributed by atoms with Gasteiger partial charge in [-0.3, -0.25) is 19.7 Å². The van der Waals surface area contributed by atoms with Gasteiger partial charge < -0.3 is 15.0 Å². The summed E-state index contributed by atoms with van der Waals surface area (Å²) in [4.78, 5) is 38.1. The van der Waals surface area contributed by atoms with Gasteiger partial charge in [-0.2, -0.15) is 0 Å². The molecule has 0 spiro atoms. The molecule has 1 unspecified atom stereocenters. The van der Waals surface area contributed by atoms with Gasteiger partial charge in [-0.15, -0.1) is 0 Å². The summed E-state index contributed by atoms with van der Waals surface area (Å²) in [6.45, 7) is 1.05. The number of halogens is 2. The van der Waals surface area contributed by atoms with Crippen molar-refractivity contribution in [2.75, 3.05) is 6.54 Å². The van der Waals surface area contributed by atoms with E-state index in [0.717, 1.165) is 31.4 Å². The first kappa shape index (κ1) is 23.2. The smallest absolute Gasteiger partial charge is 0.255 e. The van der Waals surface area contributed by atoms with Gasteiger partial charge in [-0.25, -0.2) is 8.78 Å². The lowest BCUT2D eigenvalue weighted by molar-refractivity contribution is -0.136. The molecule has 2 aliphatic carbocycles. The minimum Gasteiger partial charge on any atom is -0.489 e. The normalized spacial score (nSPS) is 29.3. The molecule has 3 fully saturated rings. The number of benzene rings is 1. The highest BCUT2D eigenvalue weighted by molar-refractivity contribution is 6.05. The van der Waals surface area contributed by atoms with E-state index in [4.69, 9.17) is 4.74 Å². The Morgan fingerprint density at radius 2 is 1.88 bits per heavy atom. The van der Waals surface area contributed by atoms with Crippen LogP contribution in [0.4, 0.5) is 8.78 Å². The minimum atomic E-state index is -2.50. The fraction of sp³-hybridized carbons (Fsp3) is 0.640. The molecule has 3 atom stereocenters. The number of carbonyl (C=O) groups excluding carboxylic acids is 3. The lowest BCUT2D eigenvalue weighted by Crippen LogP contribution is -2.52. The Bertz CT molecular complexity index is 975. The molecule has 2 heterocycles. The van der Waals surface area contributed by atoms with Crippen LogP contribution in [-0.2, 0) is 16.1 Å². The predicted octanol–water partition coefficient (Wildman–Crippen LogP) is 3.16. The number of carbonyl (C=O) groups is 3. The van der Waals surface area contributed by atoms with Crippen LogP contribution >= 0.6 is 0 Å². The number of amides is 3. The highest BCUT2D eigenvalue weighted by Gasteiger charge is 2.40. The molecule has 184 valence electrons. The second-order valence-corrected chi connectivity index (χ2v) is 10.1. The minimum absolute atomic E-state index is 0.00794. The van der Waals surface area contributed by atoms with Crippen LogP contribution in [0.25, 0.3) is 0 Å². The second-order valence-electron chi connectivity index (χ2n) is 10.1.